The van der Waals surface area contributed by atoms with E-state index in [2.05, 4.69) is 15.1 Å². The summed E-state index contributed by atoms with van der Waals surface area (Å²) in [5, 5.41) is 4.99. The van der Waals surface area contributed by atoms with E-state index in [1.54, 1.807) is 4.52 Å². The molecule has 3 rings (SSSR count). The summed E-state index contributed by atoms with van der Waals surface area (Å²) in [4.78, 5) is 8.49. The fourth-order valence-electron chi connectivity index (χ4n) is 1.74. The quantitative estimate of drug-likeness (QED) is 0.590. The topological polar surface area (TPSA) is 69.1 Å². The molecule has 5 nitrogen and oxygen atoms in total. The summed E-state index contributed by atoms with van der Waals surface area (Å²) in [5.74, 6) is 0.365. The molecule has 3 aromatic rings. The zero-order chi connectivity index (χ0) is 10.4. The van der Waals surface area contributed by atoms with E-state index >= 15 is 0 Å². The lowest BCUT2D eigenvalue weighted by molar-refractivity contribution is 0.950. The largest absolute Gasteiger partial charge is 0.368 e. The summed E-state index contributed by atoms with van der Waals surface area (Å²) >= 11 is 0. The van der Waals surface area contributed by atoms with E-state index in [9.17, 15) is 0 Å². The molecule has 0 aliphatic heterocycles. The standard InChI is InChI=1S/C10H9N5/c1-6-3-2-4-7-8(6)14-10(11)15-9(7)12-5-13-15/h2-5H,1H3,(H2,11,14). The summed E-state index contributed by atoms with van der Waals surface area (Å²) < 4.78 is 1.54. The van der Waals surface area contributed by atoms with Crippen molar-refractivity contribution in [1.29, 1.82) is 0 Å². The molecule has 0 aliphatic carbocycles. The Balaban J connectivity index is 2.66. The molecule has 0 amide bonds. The molecule has 2 heterocycles. The van der Waals surface area contributed by atoms with Crippen LogP contribution in [0.2, 0.25) is 0 Å². The van der Waals surface area contributed by atoms with Crippen LogP contribution in [0.4, 0.5) is 5.95 Å². The van der Waals surface area contributed by atoms with Crippen LogP contribution in [0, 0.1) is 6.92 Å². The molecule has 0 radical (unpaired) electrons. The number of anilines is 1. The number of benzene rings is 1. The maximum absolute atomic E-state index is 5.78. The van der Waals surface area contributed by atoms with E-state index in [1.165, 1.54) is 6.33 Å². The number of hydrogen-bond acceptors (Lipinski definition) is 4. The number of aryl methyl sites for hydroxylation is 1. The van der Waals surface area contributed by atoms with Gasteiger partial charge in [0.25, 0.3) is 0 Å². The fourth-order valence-corrected chi connectivity index (χ4v) is 1.74. The maximum atomic E-state index is 5.78. The molecular weight excluding hydrogens is 190 g/mol. The van der Waals surface area contributed by atoms with Gasteiger partial charge in [-0.25, -0.2) is 9.97 Å². The minimum atomic E-state index is 0.365. The van der Waals surface area contributed by atoms with E-state index in [0.29, 0.717) is 5.95 Å². The summed E-state index contributed by atoms with van der Waals surface area (Å²) in [6, 6.07) is 5.95. The van der Waals surface area contributed by atoms with Crippen molar-refractivity contribution in [3.8, 4) is 0 Å². The lowest BCUT2D eigenvalue weighted by Crippen LogP contribution is -2.03. The van der Waals surface area contributed by atoms with Crippen molar-refractivity contribution in [2.24, 2.45) is 0 Å². The van der Waals surface area contributed by atoms with Crippen LogP contribution in [-0.2, 0) is 0 Å². The Kier molecular flexibility index (Phi) is 1.45. The number of nitrogen functional groups attached to an aromatic ring is 1. The first-order chi connectivity index (χ1) is 7.27. The van der Waals surface area contributed by atoms with Gasteiger partial charge >= 0.3 is 0 Å². The lowest BCUT2D eigenvalue weighted by atomic mass is 10.1. The molecular formula is C10H9N5. The molecule has 0 fully saturated rings. The monoisotopic (exact) mass is 199 g/mol. The number of fused-ring (bicyclic) bond motifs is 3. The van der Waals surface area contributed by atoms with Crippen LogP contribution in [-0.4, -0.2) is 19.6 Å². The number of nitrogens with zero attached hydrogens (tertiary/aromatic N) is 4. The number of rotatable bonds is 0. The Bertz CT molecular complexity index is 655. The minimum Gasteiger partial charge on any atom is -0.368 e. The van der Waals surface area contributed by atoms with Crippen molar-refractivity contribution >= 4 is 22.5 Å². The van der Waals surface area contributed by atoms with Gasteiger partial charge in [-0.05, 0) is 18.6 Å². The van der Waals surface area contributed by atoms with Crippen LogP contribution in [0.1, 0.15) is 5.56 Å². The third kappa shape index (κ3) is 0.999. The van der Waals surface area contributed by atoms with E-state index in [0.717, 1.165) is 22.1 Å². The minimum absolute atomic E-state index is 0.365. The van der Waals surface area contributed by atoms with Gasteiger partial charge in [0.1, 0.15) is 6.33 Å². The Morgan fingerprint density at radius 3 is 3.07 bits per heavy atom. The maximum Gasteiger partial charge on any atom is 0.223 e. The third-order valence-corrected chi connectivity index (χ3v) is 2.47. The first-order valence-corrected chi connectivity index (χ1v) is 4.62. The Morgan fingerprint density at radius 2 is 2.20 bits per heavy atom. The first kappa shape index (κ1) is 8.16. The normalized spacial score (nSPS) is 11.3. The molecule has 0 saturated carbocycles. The molecule has 0 saturated heterocycles. The summed E-state index contributed by atoms with van der Waals surface area (Å²) in [6.07, 6.45) is 1.48. The van der Waals surface area contributed by atoms with Gasteiger partial charge in [0, 0.05) is 5.39 Å². The Hall–Kier alpha value is -2.17. The molecule has 0 unspecified atom stereocenters. The van der Waals surface area contributed by atoms with Gasteiger partial charge in [-0.1, -0.05) is 12.1 Å². The molecule has 0 bridgehead atoms. The highest BCUT2D eigenvalue weighted by Gasteiger charge is 2.08. The van der Waals surface area contributed by atoms with Crippen molar-refractivity contribution in [2.75, 3.05) is 5.73 Å². The number of nitrogens with two attached hydrogens (primary N) is 1. The molecule has 5 heteroatoms. The summed E-state index contributed by atoms with van der Waals surface area (Å²) in [7, 11) is 0. The van der Waals surface area contributed by atoms with E-state index in [4.69, 9.17) is 5.73 Å². The summed E-state index contributed by atoms with van der Waals surface area (Å²) in [5.41, 5.74) is 8.51. The second-order valence-corrected chi connectivity index (χ2v) is 3.44. The van der Waals surface area contributed by atoms with Crippen LogP contribution in [0.15, 0.2) is 24.5 Å². The number of aromatic nitrogens is 4. The molecule has 0 aliphatic rings. The first-order valence-electron chi connectivity index (χ1n) is 4.62. The van der Waals surface area contributed by atoms with Crippen molar-refractivity contribution in [1.82, 2.24) is 19.6 Å². The molecule has 74 valence electrons. The Labute approximate surface area is 85.6 Å². The predicted molar refractivity (Wildman–Crippen MR) is 57.4 cm³/mol. The zero-order valence-electron chi connectivity index (χ0n) is 8.18. The van der Waals surface area contributed by atoms with Gasteiger partial charge < -0.3 is 5.73 Å². The highest BCUT2D eigenvalue weighted by molar-refractivity contribution is 5.93. The van der Waals surface area contributed by atoms with E-state index < -0.39 is 0 Å². The van der Waals surface area contributed by atoms with Crippen LogP contribution in [0.5, 0.6) is 0 Å². The molecule has 1 aromatic carbocycles. The van der Waals surface area contributed by atoms with Crippen LogP contribution in [0.3, 0.4) is 0 Å². The van der Waals surface area contributed by atoms with Gasteiger partial charge in [0.2, 0.25) is 5.95 Å². The van der Waals surface area contributed by atoms with Crippen molar-refractivity contribution < 1.29 is 0 Å². The van der Waals surface area contributed by atoms with Crippen molar-refractivity contribution in [3.63, 3.8) is 0 Å². The number of para-hydroxylation sites is 1. The van der Waals surface area contributed by atoms with Crippen LogP contribution < -0.4 is 5.73 Å². The van der Waals surface area contributed by atoms with Gasteiger partial charge in [0.15, 0.2) is 5.65 Å². The molecule has 0 atom stereocenters. The van der Waals surface area contributed by atoms with Crippen LogP contribution in [0.25, 0.3) is 16.6 Å². The smallest absolute Gasteiger partial charge is 0.223 e. The fraction of sp³-hybridized carbons (Fsp3) is 0.100. The highest BCUT2D eigenvalue weighted by atomic mass is 15.3. The van der Waals surface area contributed by atoms with Gasteiger partial charge in [-0.15, -0.1) is 0 Å². The lowest BCUT2D eigenvalue weighted by Gasteiger charge is -2.04. The predicted octanol–water partition coefficient (Wildman–Crippen LogP) is 1.17. The molecule has 0 spiro atoms. The molecule has 2 aromatic heterocycles. The third-order valence-electron chi connectivity index (χ3n) is 2.47. The SMILES string of the molecule is Cc1cccc2c1nc(N)n1ncnc21. The second kappa shape index (κ2) is 2.66. The zero-order valence-corrected chi connectivity index (χ0v) is 8.18. The van der Waals surface area contributed by atoms with Crippen molar-refractivity contribution in [2.45, 2.75) is 6.92 Å². The molecule has 2 N–H and O–H groups in total. The number of hydrogen-bond donors (Lipinski definition) is 1. The summed E-state index contributed by atoms with van der Waals surface area (Å²) in [6.45, 7) is 2.00. The van der Waals surface area contributed by atoms with Crippen molar-refractivity contribution in [3.05, 3.63) is 30.1 Å². The Morgan fingerprint density at radius 1 is 1.33 bits per heavy atom. The van der Waals surface area contributed by atoms with Gasteiger partial charge in [0.05, 0.1) is 5.52 Å². The average Bonchev–Trinajstić information content (AvgIpc) is 2.69. The molecule has 15 heavy (non-hydrogen) atoms. The second-order valence-electron chi connectivity index (χ2n) is 3.44. The van der Waals surface area contributed by atoms with Crippen LogP contribution >= 0.6 is 0 Å². The average molecular weight is 199 g/mol. The van der Waals surface area contributed by atoms with E-state index in [1.807, 2.05) is 25.1 Å². The van der Waals surface area contributed by atoms with Gasteiger partial charge in [-0.2, -0.15) is 9.61 Å². The van der Waals surface area contributed by atoms with E-state index in [-0.39, 0.29) is 0 Å². The highest BCUT2D eigenvalue weighted by Crippen LogP contribution is 2.20. The van der Waals surface area contributed by atoms with Gasteiger partial charge in [-0.3, -0.25) is 0 Å².